The number of rotatable bonds is 24. The number of nitrogens with two attached hydrogens (primary N) is 3. The minimum Gasteiger partial charge on any atom is -0.378 e. The second-order valence-corrected chi connectivity index (χ2v) is 17.1. The molecule has 7 nitrogen and oxygen atoms in total. The van der Waals surface area contributed by atoms with Crippen LogP contribution in [0.4, 0.5) is 0 Å². The number of fused-ring (bicyclic) bond motifs is 5. The van der Waals surface area contributed by atoms with Crippen LogP contribution >= 0.6 is 0 Å². The number of hydrogen-bond acceptors (Lipinski definition) is 7. The molecule has 0 heterocycles. The van der Waals surface area contributed by atoms with Crippen LogP contribution in [0.2, 0.25) is 0 Å². The molecule has 4 saturated carbocycles. The molecule has 0 amide bonds. The maximum absolute atomic E-state index is 7.03. The molecule has 0 spiro atoms. The zero-order valence-corrected chi connectivity index (χ0v) is 32.0. The third-order valence-corrected chi connectivity index (χ3v) is 14.2. The van der Waals surface area contributed by atoms with Crippen molar-refractivity contribution in [2.24, 2.45) is 63.5 Å². The van der Waals surface area contributed by atoms with E-state index >= 15 is 0 Å². The van der Waals surface area contributed by atoms with Crippen LogP contribution in [0.3, 0.4) is 0 Å². The van der Waals surface area contributed by atoms with Crippen LogP contribution in [-0.4, -0.2) is 70.9 Å². The monoisotopic (exact) mass is 677 g/mol. The predicted octanol–water partition coefficient (Wildman–Crippen LogP) is 7.43. The maximum Gasteiger partial charge on any atom is 0.0637 e. The van der Waals surface area contributed by atoms with Gasteiger partial charge in [0.15, 0.2) is 0 Å². The summed E-state index contributed by atoms with van der Waals surface area (Å²) in [5, 5.41) is 3.77. The van der Waals surface area contributed by atoms with E-state index in [0.717, 1.165) is 52.0 Å². The Kier molecular flexibility index (Phi) is 17.4. The van der Waals surface area contributed by atoms with Gasteiger partial charge in [-0.15, -0.1) is 0 Å². The molecule has 4 rings (SSSR count). The lowest BCUT2D eigenvalue weighted by atomic mass is 9.43. The van der Waals surface area contributed by atoms with Crippen LogP contribution in [0.1, 0.15) is 143 Å². The Morgan fingerprint density at radius 1 is 0.708 bits per heavy atom. The molecule has 7 N–H and O–H groups in total. The Labute approximate surface area is 296 Å². The van der Waals surface area contributed by atoms with E-state index in [1.54, 1.807) is 0 Å². The highest BCUT2D eigenvalue weighted by atomic mass is 16.5. The van der Waals surface area contributed by atoms with Gasteiger partial charge in [-0.2, -0.15) is 0 Å². The quantitative estimate of drug-likeness (QED) is 0.0786. The van der Waals surface area contributed by atoms with E-state index in [0.29, 0.717) is 78.9 Å². The lowest BCUT2D eigenvalue weighted by Crippen LogP contribution is -2.63. The van der Waals surface area contributed by atoms with Gasteiger partial charge in [0.05, 0.1) is 18.3 Å². The molecule has 0 aliphatic heterocycles. The van der Waals surface area contributed by atoms with Crippen molar-refractivity contribution >= 4 is 0 Å². The first-order chi connectivity index (χ1) is 23.3. The Morgan fingerprint density at radius 2 is 1.38 bits per heavy atom. The van der Waals surface area contributed by atoms with Crippen LogP contribution < -0.4 is 22.5 Å². The van der Waals surface area contributed by atoms with Gasteiger partial charge in [-0.05, 0) is 157 Å². The largest absolute Gasteiger partial charge is 0.378 e. The van der Waals surface area contributed by atoms with Crippen molar-refractivity contribution in [3.63, 3.8) is 0 Å². The van der Waals surface area contributed by atoms with Crippen LogP contribution in [0.25, 0.3) is 0 Å². The number of unbranched alkanes of at least 4 members (excludes halogenated alkanes) is 5. The van der Waals surface area contributed by atoms with Crippen LogP contribution in [0.5, 0.6) is 0 Å². The van der Waals surface area contributed by atoms with Gasteiger partial charge in [-0.3, -0.25) is 0 Å². The molecule has 0 aromatic carbocycles. The Bertz CT molecular complexity index is 879. The topological polar surface area (TPSA) is 118 Å². The zero-order chi connectivity index (χ0) is 34.4. The van der Waals surface area contributed by atoms with Crippen molar-refractivity contribution in [1.29, 1.82) is 0 Å². The summed E-state index contributed by atoms with van der Waals surface area (Å²) in [6.45, 7) is 17.0. The van der Waals surface area contributed by atoms with E-state index in [4.69, 9.17) is 31.4 Å². The fourth-order valence-electron chi connectivity index (χ4n) is 11.5. The highest BCUT2D eigenvalue weighted by Gasteiger charge is 2.66. The molecule has 0 saturated heterocycles. The Morgan fingerprint density at radius 3 is 2.10 bits per heavy atom. The molecule has 4 aliphatic rings. The summed E-state index contributed by atoms with van der Waals surface area (Å²) in [4.78, 5) is 0. The van der Waals surface area contributed by atoms with Crippen molar-refractivity contribution in [3.8, 4) is 0 Å². The van der Waals surface area contributed by atoms with Gasteiger partial charge in [0, 0.05) is 25.2 Å². The molecule has 4 fully saturated rings. The summed E-state index contributed by atoms with van der Waals surface area (Å²) in [7, 11) is 0. The first kappa shape index (κ1) is 40.5. The van der Waals surface area contributed by atoms with Gasteiger partial charge in [0.25, 0.3) is 0 Å². The van der Waals surface area contributed by atoms with Gasteiger partial charge >= 0.3 is 0 Å². The summed E-state index contributed by atoms with van der Waals surface area (Å²) in [6, 6.07) is 0. The van der Waals surface area contributed by atoms with E-state index < -0.39 is 0 Å². The predicted molar refractivity (Wildman–Crippen MR) is 201 cm³/mol. The minimum atomic E-state index is 0.183. The normalized spacial score (nSPS) is 36.8. The molecule has 0 bridgehead atoms. The molecule has 11 atom stereocenters. The fraction of sp³-hybridized carbons (Fsp3) is 1.00. The lowest BCUT2D eigenvalue weighted by molar-refractivity contribution is -0.227. The summed E-state index contributed by atoms with van der Waals surface area (Å²) >= 11 is 0. The van der Waals surface area contributed by atoms with Crippen molar-refractivity contribution in [3.05, 3.63) is 0 Å². The third kappa shape index (κ3) is 9.98. The van der Waals surface area contributed by atoms with E-state index in [-0.39, 0.29) is 5.41 Å². The van der Waals surface area contributed by atoms with E-state index in [1.807, 2.05) is 0 Å². The highest BCUT2D eigenvalue weighted by Crippen LogP contribution is 2.69. The SMILES string of the molecule is CCCCCCCCNCCCC(C)C1CCC2C3[C@H](OCCCN)CC4C[C@H](OCCCN)CCC4(C)[C@H]3C[C@H](OCCCN)C12C. The lowest BCUT2D eigenvalue weighted by Gasteiger charge is -2.65. The summed E-state index contributed by atoms with van der Waals surface area (Å²) < 4.78 is 20.4. The van der Waals surface area contributed by atoms with E-state index in [9.17, 15) is 0 Å². The first-order valence-corrected chi connectivity index (χ1v) is 21.0. The van der Waals surface area contributed by atoms with Crippen molar-refractivity contribution in [1.82, 2.24) is 5.32 Å². The molecule has 0 radical (unpaired) electrons. The minimum absolute atomic E-state index is 0.183. The zero-order valence-electron chi connectivity index (χ0n) is 32.0. The van der Waals surface area contributed by atoms with E-state index in [2.05, 4.69) is 33.0 Å². The average molecular weight is 677 g/mol. The number of nitrogens with one attached hydrogen (secondary N) is 1. The highest BCUT2D eigenvalue weighted by molar-refractivity contribution is 5.15. The molecular weight excluding hydrogens is 596 g/mol. The molecule has 7 heteroatoms. The van der Waals surface area contributed by atoms with Gasteiger partial charge < -0.3 is 36.7 Å². The molecular formula is C41H80N4O3. The van der Waals surface area contributed by atoms with E-state index in [1.165, 1.54) is 96.4 Å². The molecule has 0 aromatic heterocycles. The summed E-state index contributed by atoms with van der Waals surface area (Å²) in [5.74, 6) is 3.92. The average Bonchev–Trinajstić information content (AvgIpc) is 3.44. The number of ether oxygens (including phenoxy) is 3. The number of hydrogen-bond donors (Lipinski definition) is 4. The van der Waals surface area contributed by atoms with Crippen LogP contribution in [0, 0.1) is 46.3 Å². The standard InChI is InChI=1S/C41H80N4O3/c1-5-6-7-8-9-10-23-45-24-11-15-31(2)34-16-17-35-39-36(30-38(41(34,35)4)48-27-14-22-44)40(3)19-18-33(46-25-12-20-42)28-32(40)29-37(39)47-26-13-21-43/h31-39,45H,5-30,42-44H2,1-4H3/t31?,32?,33-,34?,35?,36+,37-,38+,39?,40?,41?/m1/s1. The van der Waals surface area contributed by atoms with Gasteiger partial charge in [0.2, 0.25) is 0 Å². The van der Waals surface area contributed by atoms with Crippen LogP contribution in [0.15, 0.2) is 0 Å². The second-order valence-electron chi connectivity index (χ2n) is 17.1. The molecule has 4 aliphatic carbocycles. The smallest absolute Gasteiger partial charge is 0.0637 e. The van der Waals surface area contributed by atoms with Gasteiger partial charge in [0.1, 0.15) is 0 Å². The third-order valence-electron chi connectivity index (χ3n) is 14.2. The summed E-state index contributed by atoms with van der Waals surface area (Å²) in [5.41, 5.74) is 18.3. The van der Waals surface area contributed by atoms with Crippen molar-refractivity contribution in [2.45, 2.75) is 162 Å². The molecule has 7 unspecified atom stereocenters. The van der Waals surface area contributed by atoms with Gasteiger partial charge in [-0.1, -0.05) is 59.8 Å². The van der Waals surface area contributed by atoms with Gasteiger partial charge in [-0.25, -0.2) is 0 Å². The summed E-state index contributed by atoms with van der Waals surface area (Å²) in [6.07, 6.45) is 23.2. The molecule has 48 heavy (non-hydrogen) atoms. The Balaban J connectivity index is 1.46. The molecule has 0 aromatic rings. The second kappa shape index (κ2) is 20.7. The Hall–Kier alpha value is -0.280. The van der Waals surface area contributed by atoms with Crippen molar-refractivity contribution < 1.29 is 14.2 Å². The van der Waals surface area contributed by atoms with Crippen molar-refractivity contribution in [2.75, 3.05) is 52.5 Å². The first-order valence-electron chi connectivity index (χ1n) is 21.0. The maximum atomic E-state index is 7.03. The molecule has 282 valence electrons. The van der Waals surface area contributed by atoms with Crippen LogP contribution in [-0.2, 0) is 14.2 Å². The fourth-order valence-corrected chi connectivity index (χ4v) is 11.5.